The van der Waals surface area contributed by atoms with Crippen molar-refractivity contribution in [2.24, 2.45) is 46.8 Å². The molecule has 2 heteroatoms. The molecular formula is C30H52O2. The van der Waals surface area contributed by atoms with Crippen LogP contribution in [-0.2, 0) is 9.47 Å². The molecule has 2 saturated carbocycles. The van der Waals surface area contributed by atoms with E-state index in [1.54, 1.807) is 7.11 Å². The Morgan fingerprint density at radius 2 is 1.84 bits per heavy atom. The van der Waals surface area contributed by atoms with E-state index < -0.39 is 0 Å². The summed E-state index contributed by atoms with van der Waals surface area (Å²) in [6, 6.07) is 0. The topological polar surface area (TPSA) is 18.5 Å². The molecule has 2 fully saturated rings. The molecule has 0 N–H and O–H groups in total. The quantitative estimate of drug-likeness (QED) is 0.262. The molecule has 0 aromatic heterocycles. The van der Waals surface area contributed by atoms with Gasteiger partial charge in [0.15, 0.2) is 0 Å². The largest absolute Gasteiger partial charge is 0.359 e. The Hall–Kier alpha value is -0.340. The number of hydrogen-bond acceptors (Lipinski definition) is 2. The lowest BCUT2D eigenvalue weighted by Crippen LogP contribution is -2.46. The highest BCUT2D eigenvalue weighted by molar-refractivity contribution is 5.29. The van der Waals surface area contributed by atoms with Crippen molar-refractivity contribution < 1.29 is 9.47 Å². The van der Waals surface area contributed by atoms with E-state index >= 15 is 0 Å². The SMILES string of the molecule is CCC1C[C@@H]2[C@H](CC[C@]3(C)[C@@H]([C@H](C)CCCC(C)C)CC[C@@H]23)C2=C1C[C@@H](OCOC)CC2. The number of methoxy groups -OCH3 is 1. The highest BCUT2D eigenvalue weighted by Crippen LogP contribution is 2.65. The lowest BCUT2D eigenvalue weighted by atomic mass is 9.50. The molecule has 4 aliphatic rings. The van der Waals surface area contributed by atoms with Crippen molar-refractivity contribution in [2.75, 3.05) is 13.9 Å². The molecule has 4 aliphatic carbocycles. The first kappa shape index (κ1) is 24.8. The zero-order valence-electron chi connectivity index (χ0n) is 22.1. The van der Waals surface area contributed by atoms with Crippen molar-refractivity contribution in [3.63, 3.8) is 0 Å². The van der Waals surface area contributed by atoms with Gasteiger partial charge in [-0.05, 0) is 105 Å². The monoisotopic (exact) mass is 444 g/mol. The highest BCUT2D eigenvalue weighted by atomic mass is 16.7. The third-order valence-corrected chi connectivity index (χ3v) is 10.6. The number of fused-ring (bicyclic) bond motifs is 4. The van der Waals surface area contributed by atoms with Crippen LogP contribution in [0.1, 0.15) is 112 Å². The summed E-state index contributed by atoms with van der Waals surface area (Å²) in [6.45, 7) is 13.0. The molecule has 0 heterocycles. The van der Waals surface area contributed by atoms with Crippen LogP contribution in [0.5, 0.6) is 0 Å². The van der Waals surface area contributed by atoms with Crippen molar-refractivity contribution in [2.45, 2.75) is 118 Å². The number of hydrogen-bond donors (Lipinski definition) is 0. The van der Waals surface area contributed by atoms with Crippen molar-refractivity contribution in [3.8, 4) is 0 Å². The van der Waals surface area contributed by atoms with Crippen LogP contribution in [0, 0.1) is 46.8 Å². The van der Waals surface area contributed by atoms with Crippen LogP contribution >= 0.6 is 0 Å². The minimum Gasteiger partial charge on any atom is -0.359 e. The molecule has 0 saturated heterocycles. The minimum absolute atomic E-state index is 0.385. The smallest absolute Gasteiger partial charge is 0.146 e. The summed E-state index contributed by atoms with van der Waals surface area (Å²) in [6.07, 6.45) is 17.1. The third-order valence-electron chi connectivity index (χ3n) is 10.6. The molecule has 0 aromatic carbocycles. The predicted molar refractivity (Wildman–Crippen MR) is 134 cm³/mol. The molecule has 0 aliphatic heterocycles. The van der Waals surface area contributed by atoms with Gasteiger partial charge in [0.2, 0.25) is 0 Å². The number of rotatable bonds is 9. The minimum atomic E-state index is 0.385. The first-order valence-corrected chi connectivity index (χ1v) is 14.2. The van der Waals surface area contributed by atoms with Crippen molar-refractivity contribution in [3.05, 3.63) is 11.1 Å². The molecule has 0 amide bonds. The average Bonchev–Trinajstić information content (AvgIpc) is 3.14. The van der Waals surface area contributed by atoms with Gasteiger partial charge in [-0.1, -0.05) is 65.0 Å². The standard InChI is InChI=1S/C30H52O2/c1-7-22-17-27-25(24-12-11-23(18-26(22)24)32-19-31-6)15-16-30(5)28(13-14-29(27)30)21(4)10-8-9-20(2)3/h20-23,25,27-29H,7-19H2,1-6H3/t21-,22?,23+,25-,27-,28-,29+,30-/m1/s1. The molecule has 4 rings (SSSR count). The Kier molecular flexibility index (Phi) is 8.14. The van der Waals surface area contributed by atoms with E-state index in [1.807, 2.05) is 11.1 Å². The molecule has 2 nitrogen and oxygen atoms in total. The summed E-state index contributed by atoms with van der Waals surface area (Å²) in [4.78, 5) is 0. The van der Waals surface area contributed by atoms with Crippen LogP contribution in [0.3, 0.4) is 0 Å². The van der Waals surface area contributed by atoms with Gasteiger partial charge in [0.1, 0.15) is 6.79 Å². The van der Waals surface area contributed by atoms with E-state index in [0.29, 0.717) is 18.3 Å². The van der Waals surface area contributed by atoms with Crippen LogP contribution in [0.4, 0.5) is 0 Å². The molecule has 0 bridgehead atoms. The second kappa shape index (κ2) is 10.5. The summed E-state index contributed by atoms with van der Waals surface area (Å²) in [5.41, 5.74) is 4.33. The molecule has 0 aromatic rings. The summed E-state index contributed by atoms with van der Waals surface area (Å²) >= 11 is 0. The number of allylic oxidation sites excluding steroid dienone is 1. The van der Waals surface area contributed by atoms with E-state index in [1.165, 1.54) is 77.0 Å². The van der Waals surface area contributed by atoms with Crippen LogP contribution in [0.25, 0.3) is 0 Å². The normalized spacial score (nSPS) is 40.2. The fraction of sp³-hybridized carbons (Fsp3) is 0.933. The fourth-order valence-electron chi connectivity index (χ4n) is 9.07. The Morgan fingerprint density at radius 3 is 2.56 bits per heavy atom. The van der Waals surface area contributed by atoms with Gasteiger partial charge >= 0.3 is 0 Å². The molecule has 0 radical (unpaired) electrons. The van der Waals surface area contributed by atoms with E-state index in [9.17, 15) is 0 Å². The zero-order valence-corrected chi connectivity index (χ0v) is 22.1. The van der Waals surface area contributed by atoms with Gasteiger partial charge in [0.05, 0.1) is 6.10 Å². The highest BCUT2D eigenvalue weighted by Gasteiger charge is 2.56. The molecule has 32 heavy (non-hydrogen) atoms. The van der Waals surface area contributed by atoms with Gasteiger partial charge in [-0.25, -0.2) is 0 Å². The van der Waals surface area contributed by atoms with Gasteiger partial charge in [-0.15, -0.1) is 0 Å². The number of ether oxygens (including phenoxy) is 2. The van der Waals surface area contributed by atoms with Crippen molar-refractivity contribution in [1.29, 1.82) is 0 Å². The average molecular weight is 445 g/mol. The summed E-state index contributed by atoms with van der Waals surface area (Å²) in [5.74, 6) is 6.37. The predicted octanol–water partition coefficient (Wildman–Crippen LogP) is 8.41. The maximum Gasteiger partial charge on any atom is 0.146 e. The summed E-state index contributed by atoms with van der Waals surface area (Å²) < 4.78 is 11.2. The van der Waals surface area contributed by atoms with E-state index in [0.717, 1.165) is 41.4 Å². The van der Waals surface area contributed by atoms with Crippen LogP contribution in [-0.4, -0.2) is 20.0 Å². The third kappa shape index (κ3) is 4.74. The van der Waals surface area contributed by atoms with Gasteiger partial charge in [-0.3, -0.25) is 0 Å². The Morgan fingerprint density at radius 1 is 1.03 bits per heavy atom. The maximum absolute atomic E-state index is 6.03. The van der Waals surface area contributed by atoms with Gasteiger partial charge in [-0.2, -0.15) is 0 Å². The first-order valence-electron chi connectivity index (χ1n) is 14.2. The Bertz CT molecular complexity index is 651. The fourth-order valence-corrected chi connectivity index (χ4v) is 9.07. The van der Waals surface area contributed by atoms with Gasteiger partial charge < -0.3 is 9.47 Å². The zero-order chi connectivity index (χ0) is 22.9. The molecular weight excluding hydrogens is 392 g/mol. The second-order valence-corrected chi connectivity index (χ2v) is 12.7. The van der Waals surface area contributed by atoms with Gasteiger partial charge in [0, 0.05) is 7.11 Å². The van der Waals surface area contributed by atoms with Crippen molar-refractivity contribution >= 4 is 0 Å². The Balaban J connectivity index is 1.48. The lowest BCUT2D eigenvalue weighted by molar-refractivity contribution is -0.0788. The van der Waals surface area contributed by atoms with Crippen LogP contribution in [0.2, 0.25) is 0 Å². The van der Waals surface area contributed by atoms with Crippen LogP contribution in [0.15, 0.2) is 11.1 Å². The Labute approximate surface area is 199 Å². The van der Waals surface area contributed by atoms with Gasteiger partial charge in [0.25, 0.3) is 0 Å². The van der Waals surface area contributed by atoms with Crippen molar-refractivity contribution in [1.82, 2.24) is 0 Å². The molecule has 0 spiro atoms. The van der Waals surface area contributed by atoms with E-state index in [4.69, 9.17) is 9.47 Å². The van der Waals surface area contributed by atoms with E-state index in [2.05, 4.69) is 34.6 Å². The second-order valence-electron chi connectivity index (χ2n) is 12.7. The van der Waals surface area contributed by atoms with Crippen LogP contribution < -0.4 is 0 Å². The molecule has 8 atom stereocenters. The lowest BCUT2D eigenvalue weighted by Gasteiger charge is -2.55. The first-order chi connectivity index (χ1) is 15.4. The summed E-state index contributed by atoms with van der Waals surface area (Å²) in [7, 11) is 1.74. The molecule has 184 valence electrons. The molecule has 1 unspecified atom stereocenters. The van der Waals surface area contributed by atoms with E-state index in [-0.39, 0.29) is 0 Å². The summed E-state index contributed by atoms with van der Waals surface area (Å²) in [5, 5.41) is 0. The maximum atomic E-state index is 6.03.